The Labute approximate surface area is 189 Å². The number of hydrogen-bond donors (Lipinski definition) is 0. The second-order valence-corrected chi connectivity index (χ2v) is 10.5. The summed E-state index contributed by atoms with van der Waals surface area (Å²) in [5.74, 6) is -0.164. The Kier molecular flexibility index (Phi) is 6.04. The standard InChI is InChI=1S/C22H18ClN3O3S2/c1-31(28,29)18-8-5-15(6-9-18)12-21(27)26(14-17-4-2-3-11-24-17)22-25-19-10-7-16(23)13-20(19)30-22/h2-11,13H,12,14H2,1H3. The molecule has 0 aliphatic rings. The number of aromatic nitrogens is 2. The maximum Gasteiger partial charge on any atom is 0.233 e. The van der Waals surface area contributed by atoms with Gasteiger partial charge in [-0.25, -0.2) is 13.4 Å². The summed E-state index contributed by atoms with van der Waals surface area (Å²) in [5.41, 5.74) is 2.22. The van der Waals surface area contributed by atoms with E-state index in [0.717, 1.165) is 22.2 Å². The van der Waals surface area contributed by atoms with E-state index in [1.165, 1.54) is 23.5 Å². The van der Waals surface area contributed by atoms with Gasteiger partial charge in [0, 0.05) is 17.5 Å². The minimum absolute atomic E-state index is 0.105. The van der Waals surface area contributed by atoms with Crippen molar-refractivity contribution in [1.29, 1.82) is 0 Å². The van der Waals surface area contributed by atoms with Crippen molar-refractivity contribution < 1.29 is 13.2 Å². The van der Waals surface area contributed by atoms with Crippen molar-refractivity contribution in [3.05, 3.63) is 83.1 Å². The Hall–Kier alpha value is -2.81. The summed E-state index contributed by atoms with van der Waals surface area (Å²) in [5, 5.41) is 1.16. The molecule has 0 fully saturated rings. The van der Waals surface area contributed by atoms with Crippen LogP contribution in [0.3, 0.4) is 0 Å². The van der Waals surface area contributed by atoms with Gasteiger partial charge in [0.25, 0.3) is 0 Å². The zero-order chi connectivity index (χ0) is 22.0. The van der Waals surface area contributed by atoms with Crippen LogP contribution in [0, 0.1) is 0 Å². The molecule has 0 aliphatic carbocycles. The van der Waals surface area contributed by atoms with E-state index in [-0.39, 0.29) is 23.8 Å². The van der Waals surface area contributed by atoms with Crippen LogP contribution < -0.4 is 4.90 Å². The van der Waals surface area contributed by atoms with Gasteiger partial charge < -0.3 is 0 Å². The molecule has 0 bridgehead atoms. The van der Waals surface area contributed by atoms with Crippen LogP contribution in [0.2, 0.25) is 5.02 Å². The van der Waals surface area contributed by atoms with Gasteiger partial charge in [-0.2, -0.15) is 0 Å². The van der Waals surface area contributed by atoms with E-state index in [2.05, 4.69) is 9.97 Å². The molecular weight excluding hydrogens is 454 g/mol. The third kappa shape index (κ3) is 5.10. The van der Waals surface area contributed by atoms with Crippen molar-refractivity contribution >= 4 is 54.0 Å². The highest BCUT2D eigenvalue weighted by Crippen LogP contribution is 2.32. The molecular formula is C22H18ClN3O3S2. The number of pyridine rings is 1. The van der Waals surface area contributed by atoms with E-state index in [1.54, 1.807) is 29.3 Å². The number of nitrogens with zero attached hydrogens (tertiary/aromatic N) is 3. The zero-order valence-corrected chi connectivity index (χ0v) is 18.9. The normalized spacial score (nSPS) is 11.5. The van der Waals surface area contributed by atoms with Gasteiger partial charge in [-0.15, -0.1) is 0 Å². The largest absolute Gasteiger partial charge is 0.282 e. The van der Waals surface area contributed by atoms with Crippen LogP contribution >= 0.6 is 22.9 Å². The number of carbonyl (C=O) groups is 1. The van der Waals surface area contributed by atoms with Gasteiger partial charge in [-0.05, 0) is 48.0 Å². The van der Waals surface area contributed by atoms with Gasteiger partial charge in [-0.3, -0.25) is 14.7 Å². The summed E-state index contributed by atoms with van der Waals surface area (Å²) in [6, 6.07) is 17.3. The van der Waals surface area contributed by atoms with Crippen LogP contribution in [0.15, 0.2) is 71.8 Å². The molecule has 2 aromatic heterocycles. The molecule has 31 heavy (non-hydrogen) atoms. The van der Waals surface area contributed by atoms with Crippen LogP contribution in [-0.2, 0) is 27.6 Å². The minimum atomic E-state index is -3.29. The van der Waals surface area contributed by atoms with Gasteiger partial charge >= 0.3 is 0 Å². The number of halogens is 1. The lowest BCUT2D eigenvalue weighted by atomic mass is 10.1. The second-order valence-electron chi connectivity index (χ2n) is 7.00. The fourth-order valence-electron chi connectivity index (χ4n) is 3.04. The number of fused-ring (bicyclic) bond motifs is 1. The monoisotopic (exact) mass is 471 g/mol. The van der Waals surface area contributed by atoms with Crippen LogP contribution in [0.5, 0.6) is 0 Å². The first-order valence-corrected chi connectivity index (χ1v) is 12.4. The van der Waals surface area contributed by atoms with E-state index < -0.39 is 9.84 Å². The summed E-state index contributed by atoms with van der Waals surface area (Å²) < 4.78 is 24.2. The molecule has 0 N–H and O–H groups in total. The number of amides is 1. The molecule has 0 spiro atoms. The maximum atomic E-state index is 13.3. The number of carbonyl (C=O) groups excluding carboxylic acids is 1. The number of rotatable bonds is 6. The van der Waals surface area contributed by atoms with Crippen molar-refractivity contribution in [2.24, 2.45) is 0 Å². The molecule has 158 valence electrons. The Morgan fingerprint density at radius 2 is 1.87 bits per heavy atom. The summed E-state index contributed by atoms with van der Waals surface area (Å²) in [7, 11) is -3.29. The van der Waals surface area contributed by atoms with E-state index in [0.29, 0.717) is 15.7 Å². The number of thiazole rings is 1. The Balaban J connectivity index is 1.65. The topological polar surface area (TPSA) is 80.2 Å². The first kappa shape index (κ1) is 21.4. The SMILES string of the molecule is CS(=O)(=O)c1ccc(CC(=O)N(Cc2ccccn2)c2nc3ccc(Cl)cc3s2)cc1. The van der Waals surface area contributed by atoms with Crippen LogP contribution in [0.4, 0.5) is 5.13 Å². The van der Waals surface area contributed by atoms with Gasteiger partial charge in [0.2, 0.25) is 5.91 Å². The first-order valence-electron chi connectivity index (χ1n) is 9.35. The van der Waals surface area contributed by atoms with Gasteiger partial charge in [0.1, 0.15) is 0 Å². The van der Waals surface area contributed by atoms with E-state index in [1.807, 2.05) is 30.3 Å². The predicted octanol–water partition coefficient (Wildman–Crippen LogP) is 4.52. The maximum absolute atomic E-state index is 13.3. The van der Waals surface area contributed by atoms with Crippen LogP contribution in [-0.4, -0.2) is 30.5 Å². The summed E-state index contributed by atoms with van der Waals surface area (Å²) in [4.78, 5) is 24.0. The van der Waals surface area contributed by atoms with Crippen molar-refractivity contribution in [2.75, 3.05) is 11.2 Å². The molecule has 9 heteroatoms. The van der Waals surface area contributed by atoms with Gasteiger partial charge in [0.15, 0.2) is 15.0 Å². The molecule has 0 unspecified atom stereocenters. The number of sulfone groups is 1. The number of hydrogen-bond acceptors (Lipinski definition) is 6. The fraction of sp³-hybridized carbons (Fsp3) is 0.136. The average Bonchev–Trinajstić information content (AvgIpc) is 3.15. The molecule has 1 amide bonds. The first-order chi connectivity index (χ1) is 14.8. The Morgan fingerprint density at radius 1 is 1.10 bits per heavy atom. The highest BCUT2D eigenvalue weighted by Gasteiger charge is 2.21. The average molecular weight is 472 g/mol. The molecule has 0 saturated carbocycles. The molecule has 0 atom stereocenters. The molecule has 0 radical (unpaired) electrons. The quantitative estimate of drug-likeness (QED) is 0.413. The molecule has 0 saturated heterocycles. The van der Waals surface area contributed by atoms with Crippen LogP contribution in [0.1, 0.15) is 11.3 Å². The molecule has 6 nitrogen and oxygen atoms in total. The Bertz CT molecular complexity index is 1340. The van der Waals surface area contributed by atoms with E-state index in [9.17, 15) is 13.2 Å². The lowest BCUT2D eigenvalue weighted by Gasteiger charge is -2.19. The van der Waals surface area contributed by atoms with Crippen molar-refractivity contribution in [3.8, 4) is 0 Å². The number of benzene rings is 2. The van der Waals surface area contributed by atoms with Gasteiger partial charge in [0.05, 0.1) is 33.8 Å². The molecule has 2 aromatic carbocycles. The lowest BCUT2D eigenvalue weighted by molar-refractivity contribution is -0.118. The van der Waals surface area contributed by atoms with Gasteiger partial charge in [-0.1, -0.05) is 41.1 Å². The van der Waals surface area contributed by atoms with Crippen LogP contribution in [0.25, 0.3) is 10.2 Å². The van der Waals surface area contributed by atoms with Crippen molar-refractivity contribution in [1.82, 2.24) is 9.97 Å². The second kappa shape index (κ2) is 8.74. The summed E-state index contributed by atoms with van der Waals surface area (Å²) >= 11 is 7.48. The third-order valence-corrected chi connectivity index (χ3v) is 7.03. The fourth-order valence-corrected chi connectivity index (χ4v) is 4.93. The molecule has 4 aromatic rings. The number of anilines is 1. The molecule has 4 rings (SSSR count). The minimum Gasteiger partial charge on any atom is -0.282 e. The predicted molar refractivity (Wildman–Crippen MR) is 123 cm³/mol. The highest BCUT2D eigenvalue weighted by molar-refractivity contribution is 7.90. The summed E-state index contributed by atoms with van der Waals surface area (Å²) in [6.45, 7) is 0.272. The zero-order valence-electron chi connectivity index (χ0n) is 16.5. The Morgan fingerprint density at radius 3 is 2.55 bits per heavy atom. The summed E-state index contributed by atoms with van der Waals surface area (Å²) in [6.07, 6.45) is 2.94. The molecule has 2 heterocycles. The highest BCUT2D eigenvalue weighted by atomic mass is 35.5. The third-order valence-electron chi connectivity index (χ3n) is 4.62. The lowest BCUT2D eigenvalue weighted by Crippen LogP contribution is -2.32. The van der Waals surface area contributed by atoms with Crippen molar-refractivity contribution in [3.63, 3.8) is 0 Å². The van der Waals surface area contributed by atoms with E-state index in [4.69, 9.17) is 11.6 Å². The van der Waals surface area contributed by atoms with E-state index >= 15 is 0 Å². The van der Waals surface area contributed by atoms with Crippen molar-refractivity contribution in [2.45, 2.75) is 17.9 Å². The smallest absolute Gasteiger partial charge is 0.233 e. The molecule has 0 aliphatic heterocycles.